The normalized spacial score (nSPS) is 14.5. The van der Waals surface area contributed by atoms with Crippen molar-refractivity contribution in [1.29, 1.82) is 0 Å². The summed E-state index contributed by atoms with van der Waals surface area (Å²) in [6.45, 7) is 8.57. The molecule has 0 unspecified atom stereocenters. The van der Waals surface area contributed by atoms with E-state index in [1.165, 1.54) is 14.0 Å². The molecule has 1 aromatic carbocycles. The van der Waals surface area contributed by atoms with Gasteiger partial charge in [-0.05, 0) is 30.7 Å². The highest BCUT2D eigenvalue weighted by atomic mass is 16.5. The van der Waals surface area contributed by atoms with E-state index in [-0.39, 0.29) is 18.4 Å². The van der Waals surface area contributed by atoms with Crippen LogP contribution < -0.4 is 16.0 Å². The molecule has 0 bridgehead atoms. The summed E-state index contributed by atoms with van der Waals surface area (Å²) in [5.74, 6) is -2.30. The van der Waals surface area contributed by atoms with Gasteiger partial charge in [0, 0.05) is 0 Å². The largest absolute Gasteiger partial charge is 0.467 e. The van der Waals surface area contributed by atoms with Crippen LogP contribution in [-0.2, 0) is 30.5 Å². The highest BCUT2D eigenvalue weighted by Gasteiger charge is 2.33. The number of hydrogen-bond donors (Lipinski definition) is 4. The van der Waals surface area contributed by atoms with Crippen LogP contribution in [0.2, 0.25) is 0 Å². The average molecular weight is 480 g/mol. The third-order valence-corrected chi connectivity index (χ3v) is 5.01. The number of alkyl carbamates (subject to hydrolysis) is 1. The van der Waals surface area contributed by atoms with E-state index < -0.39 is 48.1 Å². The van der Waals surface area contributed by atoms with Gasteiger partial charge in [-0.15, -0.1) is 0 Å². The van der Waals surface area contributed by atoms with Gasteiger partial charge in [0.15, 0.2) is 0 Å². The zero-order chi connectivity index (χ0) is 25.8. The zero-order valence-electron chi connectivity index (χ0n) is 20.7. The summed E-state index contributed by atoms with van der Waals surface area (Å²) in [4.78, 5) is 50.0. The molecule has 190 valence electrons. The first-order valence-electron chi connectivity index (χ1n) is 11.3. The van der Waals surface area contributed by atoms with Crippen molar-refractivity contribution in [2.75, 3.05) is 7.11 Å². The van der Waals surface area contributed by atoms with Gasteiger partial charge in [0.2, 0.25) is 11.8 Å². The number of carbonyl (C=O) groups excluding carboxylic acids is 4. The quantitative estimate of drug-likeness (QED) is 0.333. The van der Waals surface area contributed by atoms with Gasteiger partial charge in [-0.2, -0.15) is 0 Å². The highest BCUT2D eigenvalue weighted by molar-refractivity contribution is 5.93. The Hall–Kier alpha value is -3.14. The van der Waals surface area contributed by atoms with Gasteiger partial charge < -0.3 is 30.5 Å². The Bertz CT molecular complexity index is 812. The van der Waals surface area contributed by atoms with Crippen molar-refractivity contribution in [2.45, 2.75) is 71.9 Å². The fourth-order valence-electron chi connectivity index (χ4n) is 3.16. The lowest BCUT2D eigenvalue weighted by atomic mass is 10.0. The average Bonchev–Trinajstić information content (AvgIpc) is 2.78. The topological polar surface area (TPSA) is 143 Å². The predicted molar refractivity (Wildman–Crippen MR) is 125 cm³/mol. The van der Waals surface area contributed by atoms with Crippen molar-refractivity contribution >= 4 is 23.9 Å². The number of carbonyl (C=O) groups is 4. The lowest BCUT2D eigenvalue weighted by molar-refractivity contribution is -0.146. The second-order valence-electron chi connectivity index (χ2n) is 8.87. The summed E-state index contributed by atoms with van der Waals surface area (Å²) in [6, 6.07) is 5.76. The Kier molecular flexibility index (Phi) is 12.1. The van der Waals surface area contributed by atoms with Crippen molar-refractivity contribution in [3.63, 3.8) is 0 Å². The molecule has 0 aliphatic rings. The van der Waals surface area contributed by atoms with Crippen LogP contribution in [0, 0.1) is 11.8 Å². The molecule has 10 nitrogen and oxygen atoms in total. The lowest BCUT2D eigenvalue weighted by Gasteiger charge is -2.27. The van der Waals surface area contributed by atoms with Gasteiger partial charge in [0.05, 0.1) is 13.2 Å². The zero-order valence-corrected chi connectivity index (χ0v) is 20.7. The first-order chi connectivity index (χ1) is 16.0. The summed E-state index contributed by atoms with van der Waals surface area (Å²) in [5, 5.41) is 17.6. The molecule has 0 heterocycles. The van der Waals surface area contributed by atoms with Gasteiger partial charge >= 0.3 is 12.1 Å². The maximum Gasteiger partial charge on any atom is 0.408 e. The van der Waals surface area contributed by atoms with Crippen LogP contribution in [0.25, 0.3) is 0 Å². The van der Waals surface area contributed by atoms with E-state index in [0.29, 0.717) is 6.42 Å². The van der Waals surface area contributed by atoms with E-state index in [9.17, 15) is 24.3 Å². The minimum Gasteiger partial charge on any atom is -0.467 e. The number of rotatable bonds is 12. The Morgan fingerprint density at radius 3 is 1.97 bits per heavy atom. The fourth-order valence-corrected chi connectivity index (χ4v) is 3.16. The van der Waals surface area contributed by atoms with E-state index in [1.54, 1.807) is 26.0 Å². The molecule has 0 aromatic heterocycles. The summed E-state index contributed by atoms with van der Waals surface area (Å²) in [5.41, 5.74) is 0.788. The summed E-state index contributed by atoms with van der Waals surface area (Å²) in [7, 11) is 1.21. The molecule has 0 radical (unpaired) electrons. The van der Waals surface area contributed by atoms with E-state index in [0.717, 1.165) is 5.56 Å². The molecule has 4 atom stereocenters. The minimum atomic E-state index is -1.35. The van der Waals surface area contributed by atoms with Crippen LogP contribution in [0.5, 0.6) is 0 Å². The molecule has 0 aliphatic heterocycles. The van der Waals surface area contributed by atoms with Crippen molar-refractivity contribution in [3.8, 4) is 0 Å². The van der Waals surface area contributed by atoms with Crippen molar-refractivity contribution in [3.05, 3.63) is 35.9 Å². The molecule has 3 amide bonds. The Balaban J connectivity index is 2.83. The smallest absolute Gasteiger partial charge is 0.408 e. The molecule has 0 saturated carbocycles. The monoisotopic (exact) mass is 479 g/mol. The Labute approximate surface area is 200 Å². The third-order valence-electron chi connectivity index (χ3n) is 5.01. The SMILES string of the molecule is COC(=O)[C@H](CC(C)C)NC(=O)[C@@H](NC(=O)[C@H](NC(=O)OCc1ccccc1)C(C)C)[C@@H](C)O. The lowest BCUT2D eigenvalue weighted by Crippen LogP contribution is -2.60. The molecule has 0 fully saturated rings. The molecule has 1 rings (SSSR count). The van der Waals surface area contributed by atoms with Gasteiger partial charge in [0.25, 0.3) is 0 Å². The third kappa shape index (κ3) is 9.78. The van der Waals surface area contributed by atoms with E-state index in [4.69, 9.17) is 9.47 Å². The second-order valence-corrected chi connectivity index (χ2v) is 8.87. The Morgan fingerprint density at radius 2 is 1.47 bits per heavy atom. The van der Waals surface area contributed by atoms with E-state index in [1.807, 2.05) is 32.0 Å². The summed E-state index contributed by atoms with van der Waals surface area (Å²) in [6.07, 6.45) is -1.74. The number of esters is 1. The number of methoxy groups -OCH3 is 1. The van der Waals surface area contributed by atoms with Crippen LogP contribution in [-0.4, -0.2) is 60.3 Å². The molecule has 1 aromatic rings. The number of hydrogen-bond acceptors (Lipinski definition) is 7. The first-order valence-corrected chi connectivity index (χ1v) is 11.3. The molecular weight excluding hydrogens is 442 g/mol. The number of nitrogens with one attached hydrogen (secondary N) is 3. The van der Waals surface area contributed by atoms with Gasteiger partial charge in [-0.1, -0.05) is 58.0 Å². The van der Waals surface area contributed by atoms with Gasteiger partial charge in [-0.25, -0.2) is 9.59 Å². The first kappa shape index (κ1) is 28.9. The van der Waals surface area contributed by atoms with Crippen LogP contribution in [0.3, 0.4) is 0 Å². The molecule has 0 spiro atoms. The number of benzene rings is 1. The molecular formula is C24H37N3O7. The van der Waals surface area contributed by atoms with Crippen molar-refractivity contribution in [2.24, 2.45) is 11.8 Å². The van der Waals surface area contributed by atoms with Crippen LogP contribution >= 0.6 is 0 Å². The predicted octanol–water partition coefficient (Wildman–Crippen LogP) is 1.51. The molecule has 0 saturated heterocycles. The Morgan fingerprint density at radius 1 is 0.882 bits per heavy atom. The molecule has 4 N–H and O–H groups in total. The molecule has 0 aliphatic carbocycles. The second kappa shape index (κ2) is 14.2. The molecule has 10 heteroatoms. The van der Waals surface area contributed by atoms with E-state index in [2.05, 4.69) is 16.0 Å². The summed E-state index contributed by atoms with van der Waals surface area (Å²) >= 11 is 0. The standard InChI is InChI=1S/C24H37N3O7/c1-14(2)12-18(23(31)33-6)25-22(30)20(16(5)28)26-21(29)19(15(3)4)27-24(32)34-13-17-10-8-7-9-11-17/h7-11,14-16,18-20,28H,12-13H2,1-6H3,(H,25,30)(H,26,29)(H,27,32)/t16-,18+,19-,20+/m1/s1. The van der Waals surface area contributed by atoms with Crippen LogP contribution in [0.15, 0.2) is 30.3 Å². The maximum absolute atomic E-state index is 12.9. The number of aliphatic hydroxyl groups is 1. The fraction of sp³-hybridized carbons (Fsp3) is 0.583. The molecule has 34 heavy (non-hydrogen) atoms. The highest BCUT2D eigenvalue weighted by Crippen LogP contribution is 2.09. The summed E-state index contributed by atoms with van der Waals surface area (Å²) < 4.78 is 9.92. The van der Waals surface area contributed by atoms with E-state index >= 15 is 0 Å². The maximum atomic E-state index is 12.9. The minimum absolute atomic E-state index is 0.0303. The van der Waals surface area contributed by atoms with Crippen molar-refractivity contribution < 1.29 is 33.8 Å². The number of ether oxygens (including phenoxy) is 2. The van der Waals surface area contributed by atoms with Crippen LogP contribution in [0.1, 0.15) is 46.6 Å². The number of aliphatic hydroxyl groups excluding tert-OH is 1. The van der Waals surface area contributed by atoms with Gasteiger partial charge in [0.1, 0.15) is 24.7 Å². The van der Waals surface area contributed by atoms with Crippen LogP contribution in [0.4, 0.5) is 4.79 Å². The van der Waals surface area contributed by atoms with Crippen molar-refractivity contribution in [1.82, 2.24) is 16.0 Å². The van der Waals surface area contributed by atoms with Gasteiger partial charge in [-0.3, -0.25) is 9.59 Å². The number of amides is 3.